The van der Waals surface area contributed by atoms with Gasteiger partial charge < -0.3 is 5.32 Å². The minimum Gasteiger partial charge on any atom is -0.351 e. The molecule has 1 aromatic rings. The normalized spacial score (nSPS) is 10.5. The van der Waals surface area contributed by atoms with Crippen LogP contribution in [0.25, 0.3) is 0 Å². The van der Waals surface area contributed by atoms with Gasteiger partial charge >= 0.3 is 0 Å². The highest BCUT2D eigenvalue weighted by Gasteiger charge is 2.10. The molecule has 1 heterocycles. The molecule has 0 bridgehead atoms. The van der Waals surface area contributed by atoms with Crippen LogP contribution in [0.15, 0.2) is 6.07 Å². The SMILES string of the molecule is CCCCCCNC(=O)c1cc(C)c(CC)s1. The third-order valence-corrected chi connectivity index (χ3v) is 4.26. The number of carbonyl (C=O) groups excluding carboxylic acids is 1. The van der Waals surface area contributed by atoms with Crippen LogP contribution in [0.4, 0.5) is 0 Å². The maximum absolute atomic E-state index is 11.9. The molecule has 0 aromatic carbocycles. The van der Waals surface area contributed by atoms with E-state index in [-0.39, 0.29) is 5.91 Å². The van der Waals surface area contributed by atoms with Crippen LogP contribution in [0.5, 0.6) is 0 Å². The van der Waals surface area contributed by atoms with Gasteiger partial charge in [0.05, 0.1) is 4.88 Å². The molecule has 0 unspecified atom stereocenters. The first-order valence-corrected chi connectivity index (χ1v) is 7.38. The minimum atomic E-state index is 0.0919. The van der Waals surface area contributed by atoms with Crippen molar-refractivity contribution >= 4 is 17.2 Å². The van der Waals surface area contributed by atoms with Crippen molar-refractivity contribution in [3.63, 3.8) is 0 Å². The van der Waals surface area contributed by atoms with E-state index in [0.29, 0.717) is 0 Å². The molecule has 0 radical (unpaired) electrons. The second-order valence-electron chi connectivity index (χ2n) is 4.39. The molecule has 1 amide bonds. The topological polar surface area (TPSA) is 29.1 Å². The van der Waals surface area contributed by atoms with E-state index in [1.165, 1.54) is 29.7 Å². The van der Waals surface area contributed by atoms with Crippen LogP contribution in [0.2, 0.25) is 0 Å². The molecule has 1 aromatic heterocycles. The summed E-state index contributed by atoms with van der Waals surface area (Å²) >= 11 is 1.62. The number of carbonyl (C=O) groups is 1. The predicted molar refractivity (Wildman–Crippen MR) is 74.9 cm³/mol. The van der Waals surface area contributed by atoms with E-state index in [0.717, 1.165) is 24.3 Å². The summed E-state index contributed by atoms with van der Waals surface area (Å²) in [5.41, 5.74) is 1.24. The summed E-state index contributed by atoms with van der Waals surface area (Å²) in [4.78, 5) is 14.0. The molecule has 3 heteroatoms. The summed E-state index contributed by atoms with van der Waals surface area (Å²) in [6.07, 6.45) is 5.80. The maximum atomic E-state index is 11.9. The number of hydrogen-bond acceptors (Lipinski definition) is 2. The summed E-state index contributed by atoms with van der Waals surface area (Å²) in [5.74, 6) is 0.0919. The van der Waals surface area contributed by atoms with Crippen molar-refractivity contribution in [2.24, 2.45) is 0 Å². The largest absolute Gasteiger partial charge is 0.351 e. The van der Waals surface area contributed by atoms with Gasteiger partial charge in [0, 0.05) is 11.4 Å². The highest BCUT2D eigenvalue weighted by atomic mass is 32.1. The zero-order valence-electron chi connectivity index (χ0n) is 11.1. The highest BCUT2D eigenvalue weighted by Crippen LogP contribution is 2.22. The van der Waals surface area contributed by atoms with Crippen molar-refractivity contribution < 1.29 is 4.79 Å². The van der Waals surface area contributed by atoms with E-state index in [1.807, 2.05) is 6.07 Å². The molecule has 2 nitrogen and oxygen atoms in total. The van der Waals surface area contributed by atoms with Crippen LogP contribution in [-0.4, -0.2) is 12.5 Å². The minimum absolute atomic E-state index is 0.0919. The number of amides is 1. The molecule has 0 saturated carbocycles. The lowest BCUT2D eigenvalue weighted by Crippen LogP contribution is -2.23. The molecule has 0 saturated heterocycles. The van der Waals surface area contributed by atoms with E-state index < -0.39 is 0 Å². The van der Waals surface area contributed by atoms with Crippen LogP contribution >= 0.6 is 11.3 Å². The summed E-state index contributed by atoms with van der Waals surface area (Å²) in [6, 6.07) is 2.00. The molecule has 0 atom stereocenters. The molecule has 1 N–H and O–H groups in total. The van der Waals surface area contributed by atoms with E-state index in [4.69, 9.17) is 0 Å². The second-order valence-corrected chi connectivity index (χ2v) is 5.52. The Morgan fingerprint density at radius 2 is 2.06 bits per heavy atom. The zero-order valence-corrected chi connectivity index (χ0v) is 12.0. The zero-order chi connectivity index (χ0) is 12.7. The van der Waals surface area contributed by atoms with Crippen molar-refractivity contribution in [1.82, 2.24) is 5.32 Å². The first kappa shape index (κ1) is 14.2. The van der Waals surface area contributed by atoms with Gasteiger partial charge in [0.15, 0.2) is 0 Å². The fourth-order valence-corrected chi connectivity index (χ4v) is 2.85. The third-order valence-electron chi connectivity index (χ3n) is 2.88. The van der Waals surface area contributed by atoms with Crippen molar-refractivity contribution in [1.29, 1.82) is 0 Å². The van der Waals surface area contributed by atoms with Gasteiger partial charge in [-0.3, -0.25) is 4.79 Å². The predicted octanol–water partition coefficient (Wildman–Crippen LogP) is 3.93. The smallest absolute Gasteiger partial charge is 0.261 e. The summed E-state index contributed by atoms with van der Waals surface area (Å²) in [7, 11) is 0. The van der Waals surface area contributed by atoms with Gasteiger partial charge in [-0.25, -0.2) is 0 Å². The van der Waals surface area contributed by atoms with E-state index >= 15 is 0 Å². The second kappa shape index (κ2) is 7.49. The number of nitrogens with one attached hydrogen (secondary N) is 1. The number of aryl methyl sites for hydroxylation is 2. The van der Waals surface area contributed by atoms with Gasteiger partial charge in [0.2, 0.25) is 0 Å². The lowest BCUT2D eigenvalue weighted by Gasteiger charge is -2.02. The Morgan fingerprint density at radius 1 is 1.29 bits per heavy atom. The van der Waals surface area contributed by atoms with Crippen LogP contribution in [-0.2, 0) is 6.42 Å². The van der Waals surface area contributed by atoms with Crippen LogP contribution in [0.1, 0.15) is 59.6 Å². The number of thiophene rings is 1. The lowest BCUT2D eigenvalue weighted by atomic mass is 10.2. The van der Waals surface area contributed by atoms with Gasteiger partial charge in [-0.15, -0.1) is 11.3 Å². The van der Waals surface area contributed by atoms with Gasteiger partial charge in [-0.2, -0.15) is 0 Å². The number of unbranched alkanes of at least 4 members (excludes halogenated alkanes) is 3. The average molecular weight is 253 g/mol. The van der Waals surface area contributed by atoms with Crippen molar-refractivity contribution in [3.05, 3.63) is 21.4 Å². The van der Waals surface area contributed by atoms with Crippen molar-refractivity contribution in [3.8, 4) is 0 Å². The number of hydrogen-bond donors (Lipinski definition) is 1. The Morgan fingerprint density at radius 3 is 2.65 bits per heavy atom. The lowest BCUT2D eigenvalue weighted by molar-refractivity contribution is 0.0957. The van der Waals surface area contributed by atoms with Crippen LogP contribution in [0, 0.1) is 6.92 Å². The molecule has 17 heavy (non-hydrogen) atoms. The summed E-state index contributed by atoms with van der Waals surface area (Å²) in [6.45, 7) is 7.20. The van der Waals surface area contributed by atoms with E-state index in [2.05, 4.69) is 26.1 Å². The van der Waals surface area contributed by atoms with Crippen LogP contribution < -0.4 is 5.32 Å². The average Bonchev–Trinajstić information content (AvgIpc) is 2.70. The third kappa shape index (κ3) is 4.50. The summed E-state index contributed by atoms with van der Waals surface area (Å²) < 4.78 is 0. The van der Waals surface area contributed by atoms with Gasteiger partial charge in [0.1, 0.15) is 0 Å². The molecule has 1 rings (SSSR count). The molecule has 0 aliphatic rings. The highest BCUT2D eigenvalue weighted by molar-refractivity contribution is 7.14. The molecular weight excluding hydrogens is 230 g/mol. The van der Waals surface area contributed by atoms with Crippen molar-refractivity contribution in [2.75, 3.05) is 6.54 Å². The Kier molecular flexibility index (Phi) is 6.27. The molecular formula is C14H23NOS. The van der Waals surface area contributed by atoms with Crippen molar-refractivity contribution in [2.45, 2.75) is 52.9 Å². The Balaban J connectivity index is 2.36. The van der Waals surface area contributed by atoms with E-state index in [1.54, 1.807) is 11.3 Å². The van der Waals surface area contributed by atoms with Crippen LogP contribution in [0.3, 0.4) is 0 Å². The van der Waals surface area contributed by atoms with E-state index in [9.17, 15) is 4.79 Å². The number of rotatable bonds is 7. The molecule has 96 valence electrons. The van der Waals surface area contributed by atoms with Gasteiger partial charge in [0.25, 0.3) is 5.91 Å². The standard InChI is InChI=1S/C14H23NOS/c1-4-6-7-8-9-15-14(16)13-10-11(3)12(5-2)17-13/h10H,4-9H2,1-3H3,(H,15,16). The Hall–Kier alpha value is -0.830. The first-order valence-electron chi connectivity index (χ1n) is 6.56. The molecule has 0 aliphatic carbocycles. The monoisotopic (exact) mass is 253 g/mol. The maximum Gasteiger partial charge on any atom is 0.261 e. The quantitative estimate of drug-likeness (QED) is 0.733. The fourth-order valence-electron chi connectivity index (χ4n) is 1.82. The van der Waals surface area contributed by atoms with Gasteiger partial charge in [-0.05, 0) is 31.4 Å². The molecule has 0 fully saturated rings. The molecule has 0 spiro atoms. The first-order chi connectivity index (χ1) is 8.19. The Labute approximate surface area is 108 Å². The fraction of sp³-hybridized carbons (Fsp3) is 0.643. The Bertz CT molecular complexity index is 357. The molecule has 0 aliphatic heterocycles. The van der Waals surface area contributed by atoms with Gasteiger partial charge in [-0.1, -0.05) is 33.1 Å². The summed E-state index contributed by atoms with van der Waals surface area (Å²) in [5, 5.41) is 2.99.